The van der Waals surface area contributed by atoms with Crippen LogP contribution in [0.15, 0.2) is 85.2 Å². The number of hydrogen-bond acceptors (Lipinski definition) is 3. The van der Waals surface area contributed by atoms with Gasteiger partial charge in [-0.2, -0.15) is 0 Å². The molecule has 2 aromatic carbocycles. The Morgan fingerprint density at radius 1 is 1.03 bits per heavy atom. The van der Waals surface area contributed by atoms with Crippen molar-refractivity contribution in [2.75, 3.05) is 16.3 Å². The minimum absolute atomic E-state index is 0.0185. The zero-order chi connectivity index (χ0) is 22.1. The molecular weight excluding hydrogens is 400 g/mol. The molecule has 6 heteroatoms. The van der Waals surface area contributed by atoms with Crippen molar-refractivity contribution < 1.29 is 9.59 Å². The average molecular weight is 425 g/mol. The molecule has 32 heavy (non-hydrogen) atoms. The Labute approximate surface area is 186 Å². The Morgan fingerprint density at radius 3 is 2.56 bits per heavy atom. The number of carbonyl (C=O) groups is 2. The predicted molar refractivity (Wildman–Crippen MR) is 124 cm³/mol. The van der Waals surface area contributed by atoms with Crippen LogP contribution in [0.5, 0.6) is 0 Å². The van der Waals surface area contributed by atoms with Crippen molar-refractivity contribution in [2.24, 2.45) is 5.92 Å². The number of para-hydroxylation sites is 1. The number of anilines is 2. The molecule has 160 valence electrons. The van der Waals surface area contributed by atoms with Crippen LogP contribution in [0.1, 0.15) is 17.7 Å². The molecule has 6 nitrogen and oxygen atoms in total. The van der Waals surface area contributed by atoms with Crippen LogP contribution in [-0.2, 0) is 16.1 Å². The molecule has 2 amide bonds. The normalized spacial score (nSPS) is 16.0. The molecule has 0 saturated carbocycles. The van der Waals surface area contributed by atoms with Crippen molar-refractivity contribution in [3.8, 4) is 0 Å². The fourth-order valence-corrected chi connectivity index (χ4v) is 4.24. The molecule has 0 spiro atoms. The Morgan fingerprint density at radius 2 is 1.78 bits per heavy atom. The zero-order valence-corrected chi connectivity index (χ0v) is 17.9. The Kier molecular flexibility index (Phi) is 5.19. The molecule has 4 aromatic rings. The van der Waals surface area contributed by atoms with Crippen LogP contribution in [0.25, 0.3) is 5.65 Å². The van der Waals surface area contributed by atoms with Gasteiger partial charge in [-0.15, -0.1) is 0 Å². The number of fused-ring (bicyclic) bond motifs is 1. The van der Waals surface area contributed by atoms with Crippen molar-refractivity contribution in [1.82, 2.24) is 9.38 Å². The van der Waals surface area contributed by atoms with Crippen LogP contribution in [-0.4, -0.2) is 27.7 Å². The topological polar surface area (TPSA) is 57.9 Å². The summed E-state index contributed by atoms with van der Waals surface area (Å²) in [5.74, 6) is -0.469. The number of aromatic nitrogens is 2. The van der Waals surface area contributed by atoms with Crippen molar-refractivity contribution in [2.45, 2.75) is 19.9 Å². The van der Waals surface area contributed by atoms with E-state index in [4.69, 9.17) is 0 Å². The number of imidazole rings is 1. The standard InChI is InChI=1S/C26H24N4O2/c1-19-10-12-22(13-11-19)29-17-20(15-25(29)31)26(32)30(21-7-3-2-4-8-21)18-23-16-27-24-9-5-6-14-28(23)24/h2-14,16,20H,15,17-18H2,1H3. The first-order valence-corrected chi connectivity index (χ1v) is 10.7. The fraction of sp³-hybridized carbons (Fsp3) is 0.192. The van der Waals surface area contributed by atoms with E-state index in [1.807, 2.05) is 90.3 Å². The van der Waals surface area contributed by atoms with Crippen LogP contribution in [0.3, 0.4) is 0 Å². The van der Waals surface area contributed by atoms with E-state index in [1.165, 1.54) is 0 Å². The zero-order valence-electron chi connectivity index (χ0n) is 17.9. The first-order chi connectivity index (χ1) is 15.6. The van der Waals surface area contributed by atoms with E-state index in [0.717, 1.165) is 28.3 Å². The maximum Gasteiger partial charge on any atom is 0.232 e. The highest BCUT2D eigenvalue weighted by Gasteiger charge is 2.37. The van der Waals surface area contributed by atoms with Gasteiger partial charge >= 0.3 is 0 Å². The SMILES string of the molecule is Cc1ccc(N2CC(C(=O)N(Cc3cnc4ccccn34)c3ccccc3)CC2=O)cc1. The summed E-state index contributed by atoms with van der Waals surface area (Å²) in [5, 5.41) is 0. The lowest BCUT2D eigenvalue weighted by molar-refractivity contribution is -0.124. The van der Waals surface area contributed by atoms with Gasteiger partial charge in [0.15, 0.2) is 0 Å². The van der Waals surface area contributed by atoms with Crippen molar-refractivity contribution in [3.05, 3.63) is 96.4 Å². The summed E-state index contributed by atoms with van der Waals surface area (Å²) < 4.78 is 1.99. The first kappa shape index (κ1) is 20.0. The van der Waals surface area contributed by atoms with Crippen LogP contribution in [0, 0.1) is 12.8 Å². The van der Waals surface area contributed by atoms with Gasteiger partial charge < -0.3 is 14.2 Å². The lowest BCUT2D eigenvalue weighted by Crippen LogP contribution is -2.37. The second-order valence-electron chi connectivity index (χ2n) is 8.18. The molecule has 1 aliphatic rings. The predicted octanol–water partition coefficient (Wildman–Crippen LogP) is 4.23. The number of amides is 2. The average Bonchev–Trinajstić information content (AvgIpc) is 3.42. The van der Waals surface area contributed by atoms with Gasteiger partial charge in [-0.25, -0.2) is 4.98 Å². The smallest absolute Gasteiger partial charge is 0.232 e. The molecular formula is C26H24N4O2. The van der Waals surface area contributed by atoms with Gasteiger partial charge in [0.05, 0.1) is 24.4 Å². The summed E-state index contributed by atoms with van der Waals surface area (Å²) in [6, 6.07) is 23.3. The van der Waals surface area contributed by atoms with Crippen LogP contribution >= 0.6 is 0 Å². The molecule has 0 radical (unpaired) electrons. The first-order valence-electron chi connectivity index (χ1n) is 10.7. The summed E-state index contributed by atoms with van der Waals surface area (Å²) in [6.45, 7) is 2.78. The van der Waals surface area contributed by atoms with Gasteiger partial charge in [-0.3, -0.25) is 9.59 Å². The van der Waals surface area contributed by atoms with Crippen molar-refractivity contribution in [3.63, 3.8) is 0 Å². The van der Waals surface area contributed by atoms with Crippen LogP contribution in [0.4, 0.5) is 11.4 Å². The largest absolute Gasteiger partial charge is 0.312 e. The quantitative estimate of drug-likeness (QED) is 0.482. The van der Waals surface area contributed by atoms with E-state index in [2.05, 4.69) is 4.98 Å². The molecule has 0 N–H and O–H groups in total. The highest BCUT2D eigenvalue weighted by Crippen LogP contribution is 2.29. The summed E-state index contributed by atoms with van der Waals surface area (Å²) in [5.41, 5.74) is 4.53. The highest BCUT2D eigenvalue weighted by molar-refractivity contribution is 6.04. The number of benzene rings is 2. The third kappa shape index (κ3) is 3.75. The summed E-state index contributed by atoms with van der Waals surface area (Å²) >= 11 is 0. The minimum Gasteiger partial charge on any atom is -0.312 e. The van der Waals surface area contributed by atoms with Crippen LogP contribution < -0.4 is 9.80 Å². The monoisotopic (exact) mass is 424 g/mol. The molecule has 1 aliphatic heterocycles. The highest BCUT2D eigenvalue weighted by atomic mass is 16.2. The van der Waals surface area contributed by atoms with Crippen molar-refractivity contribution >= 4 is 28.8 Å². The summed E-state index contributed by atoms with van der Waals surface area (Å²) in [4.78, 5) is 34.4. The molecule has 0 aliphatic carbocycles. The van der Waals surface area contributed by atoms with Gasteiger partial charge in [-0.1, -0.05) is 42.0 Å². The molecule has 1 fully saturated rings. The van der Waals surface area contributed by atoms with Crippen LogP contribution in [0.2, 0.25) is 0 Å². The Balaban J connectivity index is 1.43. The Hall–Kier alpha value is -3.93. The van der Waals surface area contributed by atoms with E-state index in [-0.39, 0.29) is 18.2 Å². The number of carbonyl (C=O) groups excluding carboxylic acids is 2. The molecule has 1 unspecified atom stereocenters. The molecule has 1 atom stereocenters. The van der Waals surface area contributed by atoms with Crippen molar-refractivity contribution in [1.29, 1.82) is 0 Å². The van der Waals surface area contributed by atoms with Gasteiger partial charge in [-0.05, 0) is 43.3 Å². The number of nitrogens with zero attached hydrogens (tertiary/aromatic N) is 4. The molecule has 0 bridgehead atoms. The van der Waals surface area contributed by atoms with E-state index < -0.39 is 5.92 Å². The van der Waals surface area contributed by atoms with E-state index in [0.29, 0.717) is 13.1 Å². The van der Waals surface area contributed by atoms with E-state index in [9.17, 15) is 9.59 Å². The van der Waals surface area contributed by atoms with Gasteiger partial charge in [0.1, 0.15) is 5.65 Å². The third-order valence-electron chi connectivity index (χ3n) is 5.97. The van der Waals surface area contributed by atoms with Gasteiger partial charge in [0.25, 0.3) is 0 Å². The van der Waals surface area contributed by atoms with Gasteiger partial charge in [0.2, 0.25) is 11.8 Å². The second-order valence-corrected chi connectivity index (χ2v) is 8.18. The maximum atomic E-state index is 13.7. The van der Waals surface area contributed by atoms with Gasteiger partial charge in [0, 0.05) is 30.5 Å². The molecule has 1 saturated heterocycles. The lowest BCUT2D eigenvalue weighted by Gasteiger charge is -2.26. The number of pyridine rings is 1. The Bertz CT molecular complexity index is 1260. The lowest BCUT2D eigenvalue weighted by atomic mass is 10.1. The number of rotatable bonds is 5. The third-order valence-corrected chi connectivity index (χ3v) is 5.97. The second kappa shape index (κ2) is 8.30. The molecule has 3 heterocycles. The summed E-state index contributed by atoms with van der Waals surface area (Å²) in [7, 11) is 0. The number of aryl methyl sites for hydroxylation is 1. The molecule has 5 rings (SSSR count). The fourth-order valence-electron chi connectivity index (χ4n) is 4.24. The van der Waals surface area contributed by atoms with E-state index >= 15 is 0 Å². The van der Waals surface area contributed by atoms with E-state index in [1.54, 1.807) is 16.0 Å². The maximum absolute atomic E-state index is 13.7. The molecule has 2 aromatic heterocycles. The minimum atomic E-state index is -0.400. The number of hydrogen-bond donors (Lipinski definition) is 0. The summed E-state index contributed by atoms with van der Waals surface area (Å²) in [6.07, 6.45) is 3.96.